The molecule has 90 valence electrons. The maximum Gasteiger partial charge on any atom is 0.0951 e. The standard InChI is InChI=1S/C13H23N3/c1-10(14)13-8-15-9-16(13)11(2)12-6-4-3-5-7-12/h8-12H,3-7,14H2,1-2H3. The zero-order valence-corrected chi connectivity index (χ0v) is 10.4. The number of hydrogen-bond acceptors (Lipinski definition) is 2. The first-order chi connectivity index (χ1) is 7.70. The van der Waals surface area contributed by atoms with E-state index in [-0.39, 0.29) is 6.04 Å². The van der Waals surface area contributed by atoms with E-state index in [1.165, 1.54) is 32.1 Å². The summed E-state index contributed by atoms with van der Waals surface area (Å²) < 4.78 is 2.28. The zero-order valence-electron chi connectivity index (χ0n) is 10.4. The number of aromatic nitrogens is 2. The second kappa shape index (κ2) is 5.00. The lowest BCUT2D eigenvalue weighted by molar-refractivity contribution is 0.259. The van der Waals surface area contributed by atoms with Crippen molar-refractivity contribution in [3.63, 3.8) is 0 Å². The maximum absolute atomic E-state index is 5.97. The van der Waals surface area contributed by atoms with Gasteiger partial charge >= 0.3 is 0 Å². The highest BCUT2D eigenvalue weighted by molar-refractivity contribution is 5.05. The van der Waals surface area contributed by atoms with Gasteiger partial charge in [-0.1, -0.05) is 19.3 Å². The lowest BCUT2D eigenvalue weighted by Gasteiger charge is -2.30. The molecular weight excluding hydrogens is 198 g/mol. The van der Waals surface area contributed by atoms with Gasteiger partial charge in [-0.25, -0.2) is 4.98 Å². The third-order valence-corrected chi connectivity index (χ3v) is 3.93. The highest BCUT2D eigenvalue weighted by Gasteiger charge is 2.23. The van der Waals surface area contributed by atoms with Gasteiger partial charge < -0.3 is 10.3 Å². The Labute approximate surface area is 98.1 Å². The van der Waals surface area contributed by atoms with Crippen LogP contribution in [-0.2, 0) is 0 Å². The molecule has 2 unspecified atom stereocenters. The van der Waals surface area contributed by atoms with Gasteiger partial charge in [0.25, 0.3) is 0 Å². The van der Waals surface area contributed by atoms with Crippen molar-refractivity contribution in [2.75, 3.05) is 0 Å². The van der Waals surface area contributed by atoms with Crippen molar-refractivity contribution in [3.8, 4) is 0 Å². The Balaban J connectivity index is 2.12. The topological polar surface area (TPSA) is 43.8 Å². The van der Waals surface area contributed by atoms with Crippen LogP contribution >= 0.6 is 0 Å². The largest absolute Gasteiger partial charge is 0.330 e. The van der Waals surface area contributed by atoms with Crippen molar-refractivity contribution in [1.29, 1.82) is 0 Å². The molecule has 0 amide bonds. The van der Waals surface area contributed by atoms with Crippen LogP contribution in [-0.4, -0.2) is 9.55 Å². The van der Waals surface area contributed by atoms with Gasteiger partial charge in [0.15, 0.2) is 0 Å². The fraction of sp³-hybridized carbons (Fsp3) is 0.769. The van der Waals surface area contributed by atoms with Crippen LogP contribution < -0.4 is 5.73 Å². The van der Waals surface area contributed by atoms with Crippen LogP contribution in [0.2, 0.25) is 0 Å². The number of hydrogen-bond donors (Lipinski definition) is 1. The van der Waals surface area contributed by atoms with Crippen molar-refractivity contribution in [2.45, 2.75) is 58.0 Å². The molecule has 1 aromatic heterocycles. The third kappa shape index (κ3) is 2.29. The average molecular weight is 221 g/mol. The van der Waals surface area contributed by atoms with Gasteiger partial charge in [0, 0.05) is 18.3 Å². The van der Waals surface area contributed by atoms with E-state index in [0.29, 0.717) is 6.04 Å². The molecule has 3 nitrogen and oxygen atoms in total. The predicted octanol–water partition coefficient (Wildman–Crippen LogP) is 3.04. The summed E-state index contributed by atoms with van der Waals surface area (Å²) in [5, 5.41) is 0. The molecule has 0 aliphatic heterocycles. The van der Waals surface area contributed by atoms with Crippen molar-refractivity contribution in [3.05, 3.63) is 18.2 Å². The Bertz CT molecular complexity index is 324. The molecule has 2 rings (SSSR count). The summed E-state index contributed by atoms with van der Waals surface area (Å²) in [6.45, 7) is 4.34. The Morgan fingerprint density at radius 1 is 1.31 bits per heavy atom. The Hall–Kier alpha value is -0.830. The minimum Gasteiger partial charge on any atom is -0.330 e. The molecule has 0 radical (unpaired) electrons. The van der Waals surface area contributed by atoms with E-state index >= 15 is 0 Å². The van der Waals surface area contributed by atoms with E-state index in [9.17, 15) is 0 Å². The van der Waals surface area contributed by atoms with Crippen LogP contribution in [0.25, 0.3) is 0 Å². The van der Waals surface area contributed by atoms with Gasteiger partial charge in [-0.05, 0) is 32.6 Å². The van der Waals surface area contributed by atoms with Crippen LogP contribution in [0.15, 0.2) is 12.5 Å². The molecular formula is C13H23N3. The van der Waals surface area contributed by atoms with E-state index < -0.39 is 0 Å². The summed E-state index contributed by atoms with van der Waals surface area (Å²) in [6.07, 6.45) is 10.7. The Kier molecular flexibility index (Phi) is 3.64. The molecule has 1 fully saturated rings. The molecule has 1 saturated carbocycles. The third-order valence-electron chi connectivity index (χ3n) is 3.93. The number of imidazole rings is 1. The molecule has 0 spiro atoms. The van der Waals surface area contributed by atoms with Crippen molar-refractivity contribution in [2.24, 2.45) is 11.7 Å². The fourth-order valence-corrected chi connectivity index (χ4v) is 2.85. The lowest BCUT2D eigenvalue weighted by Crippen LogP contribution is -2.22. The molecule has 1 heterocycles. The zero-order chi connectivity index (χ0) is 11.5. The van der Waals surface area contributed by atoms with Crippen LogP contribution in [0.4, 0.5) is 0 Å². The van der Waals surface area contributed by atoms with E-state index in [2.05, 4.69) is 16.5 Å². The predicted molar refractivity (Wildman–Crippen MR) is 66.1 cm³/mol. The van der Waals surface area contributed by atoms with Crippen molar-refractivity contribution < 1.29 is 0 Å². The Morgan fingerprint density at radius 2 is 2.00 bits per heavy atom. The second-order valence-corrected chi connectivity index (χ2v) is 5.15. The molecule has 16 heavy (non-hydrogen) atoms. The summed E-state index contributed by atoms with van der Waals surface area (Å²) in [7, 11) is 0. The van der Waals surface area contributed by atoms with Crippen molar-refractivity contribution >= 4 is 0 Å². The SMILES string of the molecule is CC(N)c1cncn1C(C)C1CCCCC1. The monoisotopic (exact) mass is 221 g/mol. The summed E-state index contributed by atoms with van der Waals surface area (Å²) in [5.41, 5.74) is 7.13. The van der Waals surface area contributed by atoms with Gasteiger partial charge in [-0.2, -0.15) is 0 Å². The van der Waals surface area contributed by atoms with Crippen molar-refractivity contribution in [1.82, 2.24) is 9.55 Å². The normalized spacial score (nSPS) is 21.9. The summed E-state index contributed by atoms with van der Waals surface area (Å²) in [6, 6.07) is 0.623. The van der Waals surface area contributed by atoms with Gasteiger partial charge in [0.1, 0.15) is 0 Å². The molecule has 1 aliphatic rings. The van der Waals surface area contributed by atoms with Gasteiger partial charge in [0.2, 0.25) is 0 Å². The van der Waals surface area contributed by atoms with Crippen LogP contribution in [0.5, 0.6) is 0 Å². The lowest BCUT2D eigenvalue weighted by atomic mass is 9.84. The second-order valence-electron chi connectivity index (χ2n) is 5.15. The maximum atomic E-state index is 5.97. The minimum atomic E-state index is 0.0774. The fourth-order valence-electron chi connectivity index (χ4n) is 2.85. The summed E-state index contributed by atoms with van der Waals surface area (Å²) >= 11 is 0. The Morgan fingerprint density at radius 3 is 2.62 bits per heavy atom. The van der Waals surface area contributed by atoms with E-state index in [1.54, 1.807) is 0 Å². The van der Waals surface area contributed by atoms with E-state index in [1.807, 2.05) is 19.4 Å². The van der Waals surface area contributed by atoms with E-state index in [4.69, 9.17) is 5.73 Å². The number of nitrogens with zero attached hydrogens (tertiary/aromatic N) is 2. The number of rotatable bonds is 3. The summed E-state index contributed by atoms with van der Waals surface area (Å²) in [4.78, 5) is 4.24. The number of nitrogens with two attached hydrogens (primary N) is 1. The first-order valence-corrected chi connectivity index (χ1v) is 6.47. The molecule has 2 atom stereocenters. The van der Waals surface area contributed by atoms with Gasteiger partial charge in [0.05, 0.1) is 12.0 Å². The smallest absolute Gasteiger partial charge is 0.0951 e. The van der Waals surface area contributed by atoms with Crippen LogP contribution in [0.3, 0.4) is 0 Å². The van der Waals surface area contributed by atoms with E-state index in [0.717, 1.165) is 11.6 Å². The highest BCUT2D eigenvalue weighted by atomic mass is 15.1. The van der Waals surface area contributed by atoms with Gasteiger partial charge in [-0.3, -0.25) is 0 Å². The highest BCUT2D eigenvalue weighted by Crippen LogP contribution is 2.33. The molecule has 1 aromatic rings. The molecule has 0 bridgehead atoms. The average Bonchev–Trinajstić information content (AvgIpc) is 2.78. The molecule has 2 N–H and O–H groups in total. The summed E-state index contributed by atoms with van der Waals surface area (Å²) in [5.74, 6) is 0.806. The van der Waals surface area contributed by atoms with Crippen LogP contribution in [0.1, 0.15) is 63.7 Å². The molecule has 3 heteroatoms. The molecule has 0 aromatic carbocycles. The quantitative estimate of drug-likeness (QED) is 0.852. The minimum absolute atomic E-state index is 0.0774. The van der Waals surface area contributed by atoms with Gasteiger partial charge in [-0.15, -0.1) is 0 Å². The van der Waals surface area contributed by atoms with Crippen LogP contribution in [0, 0.1) is 5.92 Å². The molecule has 0 saturated heterocycles. The first kappa shape index (κ1) is 11.6. The molecule has 1 aliphatic carbocycles. The first-order valence-electron chi connectivity index (χ1n) is 6.47.